The second-order valence-electron chi connectivity index (χ2n) is 2.87. The van der Waals surface area contributed by atoms with Crippen molar-refractivity contribution >= 4 is 5.91 Å². The number of nitriles is 1. The highest BCUT2D eigenvalue weighted by Crippen LogP contribution is 2.10. The molecule has 0 aromatic rings. The van der Waals surface area contributed by atoms with Gasteiger partial charge < -0.3 is 4.90 Å². The van der Waals surface area contributed by atoms with Crippen LogP contribution in [0.4, 0.5) is 0 Å². The summed E-state index contributed by atoms with van der Waals surface area (Å²) in [7, 11) is 1.67. The first-order valence-corrected chi connectivity index (χ1v) is 4.29. The van der Waals surface area contributed by atoms with Crippen LogP contribution in [0.25, 0.3) is 0 Å². The molecule has 0 aliphatic heterocycles. The van der Waals surface area contributed by atoms with Crippen LogP contribution < -0.4 is 0 Å². The molecular weight excluding hydrogens is 152 g/mol. The highest BCUT2D eigenvalue weighted by molar-refractivity contribution is 5.78. The minimum absolute atomic E-state index is 0.0848. The molecule has 12 heavy (non-hydrogen) atoms. The molecule has 0 bridgehead atoms. The number of carbonyl (C=O) groups is 1. The normalized spacial score (nSPS) is 9.58. The van der Waals surface area contributed by atoms with Crippen molar-refractivity contribution in [2.75, 3.05) is 13.6 Å². The molecule has 0 aromatic carbocycles. The Balaban J connectivity index is 4.08. The summed E-state index contributed by atoms with van der Waals surface area (Å²) in [6.45, 7) is 4.17. The molecule has 0 atom stereocenters. The predicted octanol–water partition coefficient (Wildman–Crippen LogP) is 1.40. The fourth-order valence-electron chi connectivity index (χ4n) is 1.13. The number of hydrogen-bond donors (Lipinski definition) is 0. The molecular formula is C9H16N2O. The Morgan fingerprint density at radius 1 is 1.50 bits per heavy atom. The molecule has 0 aliphatic carbocycles. The molecule has 0 N–H and O–H groups in total. The molecule has 0 saturated carbocycles. The van der Waals surface area contributed by atoms with Crippen molar-refractivity contribution in [3.63, 3.8) is 0 Å². The van der Waals surface area contributed by atoms with Gasteiger partial charge in [-0.05, 0) is 12.8 Å². The number of hydrogen-bond acceptors (Lipinski definition) is 2. The number of rotatable bonds is 4. The largest absolute Gasteiger partial charge is 0.332 e. The summed E-state index contributed by atoms with van der Waals surface area (Å²) in [4.78, 5) is 13.0. The molecule has 1 amide bonds. The van der Waals surface area contributed by atoms with E-state index in [4.69, 9.17) is 5.26 Å². The topological polar surface area (TPSA) is 44.1 Å². The van der Waals surface area contributed by atoms with Crippen molar-refractivity contribution < 1.29 is 4.79 Å². The van der Waals surface area contributed by atoms with E-state index in [2.05, 4.69) is 0 Å². The number of carbonyl (C=O) groups excluding carboxylic acids is 1. The molecule has 0 saturated heterocycles. The van der Waals surface area contributed by atoms with Crippen molar-refractivity contribution in [2.45, 2.75) is 26.7 Å². The molecule has 68 valence electrons. The van der Waals surface area contributed by atoms with Gasteiger partial charge in [-0.2, -0.15) is 5.26 Å². The van der Waals surface area contributed by atoms with Crippen LogP contribution >= 0.6 is 0 Å². The van der Waals surface area contributed by atoms with E-state index < -0.39 is 0 Å². The van der Waals surface area contributed by atoms with E-state index in [1.807, 2.05) is 19.9 Å². The Morgan fingerprint density at radius 2 is 2.00 bits per heavy atom. The molecule has 0 heterocycles. The van der Waals surface area contributed by atoms with Crippen molar-refractivity contribution in [1.82, 2.24) is 4.90 Å². The van der Waals surface area contributed by atoms with Gasteiger partial charge in [0.2, 0.25) is 5.91 Å². The van der Waals surface area contributed by atoms with E-state index in [0.717, 1.165) is 12.8 Å². The number of nitrogens with zero attached hydrogens (tertiary/aromatic N) is 2. The molecule has 3 nitrogen and oxygen atoms in total. The molecule has 0 rings (SSSR count). The Morgan fingerprint density at radius 3 is 2.33 bits per heavy atom. The van der Waals surface area contributed by atoms with Crippen LogP contribution in [0.3, 0.4) is 0 Å². The van der Waals surface area contributed by atoms with Gasteiger partial charge in [0, 0.05) is 13.0 Å². The maximum atomic E-state index is 11.5. The fourth-order valence-corrected chi connectivity index (χ4v) is 1.13. The Bertz CT molecular complexity index is 179. The van der Waals surface area contributed by atoms with E-state index in [0.29, 0.717) is 0 Å². The Kier molecular flexibility index (Phi) is 5.11. The molecule has 0 radical (unpaired) electrons. The lowest BCUT2D eigenvalue weighted by molar-refractivity contribution is -0.133. The highest BCUT2D eigenvalue weighted by atomic mass is 16.2. The van der Waals surface area contributed by atoms with Crippen LogP contribution in [0, 0.1) is 17.2 Å². The summed E-state index contributed by atoms with van der Waals surface area (Å²) in [5.41, 5.74) is 0. The van der Waals surface area contributed by atoms with Gasteiger partial charge in [-0.15, -0.1) is 0 Å². The summed E-state index contributed by atoms with van der Waals surface area (Å²) in [6, 6.07) is 1.96. The standard InChI is InChI=1S/C9H16N2O/c1-4-8(5-2)9(12)11(3)7-6-10/h8H,4-5,7H2,1-3H3. The minimum atomic E-state index is 0.0848. The third-order valence-corrected chi connectivity index (χ3v) is 2.02. The van der Waals surface area contributed by atoms with Gasteiger partial charge >= 0.3 is 0 Å². The molecule has 0 spiro atoms. The molecule has 0 aliphatic rings. The average Bonchev–Trinajstić information content (AvgIpc) is 2.07. The molecule has 0 fully saturated rings. The van der Waals surface area contributed by atoms with Crippen LogP contribution in [0.15, 0.2) is 0 Å². The monoisotopic (exact) mass is 168 g/mol. The van der Waals surface area contributed by atoms with E-state index in [1.165, 1.54) is 4.90 Å². The molecule has 0 unspecified atom stereocenters. The van der Waals surface area contributed by atoms with E-state index >= 15 is 0 Å². The van der Waals surface area contributed by atoms with Crippen LogP contribution in [0.1, 0.15) is 26.7 Å². The summed E-state index contributed by atoms with van der Waals surface area (Å²) in [5, 5.41) is 8.37. The lowest BCUT2D eigenvalue weighted by Gasteiger charge is -2.19. The quantitative estimate of drug-likeness (QED) is 0.596. The summed E-state index contributed by atoms with van der Waals surface area (Å²) >= 11 is 0. The lowest BCUT2D eigenvalue weighted by Crippen LogP contribution is -2.32. The van der Waals surface area contributed by atoms with Gasteiger partial charge in [-0.3, -0.25) is 4.79 Å². The van der Waals surface area contributed by atoms with Crippen LogP contribution in [-0.4, -0.2) is 24.4 Å². The van der Waals surface area contributed by atoms with Crippen molar-refractivity contribution in [2.24, 2.45) is 5.92 Å². The smallest absolute Gasteiger partial charge is 0.226 e. The summed E-state index contributed by atoms with van der Waals surface area (Å²) in [5.74, 6) is 0.171. The predicted molar refractivity (Wildman–Crippen MR) is 47.3 cm³/mol. The molecule has 3 heteroatoms. The first kappa shape index (κ1) is 11.0. The average molecular weight is 168 g/mol. The summed E-state index contributed by atoms with van der Waals surface area (Å²) < 4.78 is 0. The zero-order valence-electron chi connectivity index (χ0n) is 8.00. The minimum Gasteiger partial charge on any atom is -0.332 e. The van der Waals surface area contributed by atoms with Gasteiger partial charge in [0.05, 0.1) is 6.07 Å². The maximum Gasteiger partial charge on any atom is 0.226 e. The third kappa shape index (κ3) is 2.91. The fraction of sp³-hybridized carbons (Fsp3) is 0.778. The second kappa shape index (κ2) is 5.59. The zero-order chi connectivity index (χ0) is 9.56. The van der Waals surface area contributed by atoms with Crippen LogP contribution in [-0.2, 0) is 4.79 Å². The Labute approximate surface area is 74.0 Å². The zero-order valence-corrected chi connectivity index (χ0v) is 8.00. The van der Waals surface area contributed by atoms with Gasteiger partial charge in [0.15, 0.2) is 0 Å². The number of amides is 1. The first-order valence-electron chi connectivity index (χ1n) is 4.29. The van der Waals surface area contributed by atoms with Gasteiger partial charge in [0.1, 0.15) is 6.54 Å². The van der Waals surface area contributed by atoms with E-state index in [9.17, 15) is 4.79 Å². The lowest BCUT2D eigenvalue weighted by atomic mass is 10.0. The van der Waals surface area contributed by atoms with Crippen molar-refractivity contribution in [3.05, 3.63) is 0 Å². The second-order valence-corrected chi connectivity index (χ2v) is 2.87. The molecule has 0 aromatic heterocycles. The van der Waals surface area contributed by atoms with Crippen molar-refractivity contribution in [3.8, 4) is 6.07 Å². The van der Waals surface area contributed by atoms with Gasteiger partial charge in [-0.25, -0.2) is 0 Å². The summed E-state index contributed by atoms with van der Waals surface area (Å²) in [6.07, 6.45) is 1.70. The Hall–Kier alpha value is -1.04. The SMILES string of the molecule is CCC(CC)C(=O)N(C)CC#N. The van der Waals surface area contributed by atoms with Crippen LogP contribution in [0.2, 0.25) is 0 Å². The van der Waals surface area contributed by atoms with Crippen molar-refractivity contribution in [1.29, 1.82) is 5.26 Å². The van der Waals surface area contributed by atoms with E-state index in [1.54, 1.807) is 7.05 Å². The highest BCUT2D eigenvalue weighted by Gasteiger charge is 2.17. The first-order chi connectivity index (χ1) is 5.67. The van der Waals surface area contributed by atoms with E-state index in [-0.39, 0.29) is 18.4 Å². The van der Waals surface area contributed by atoms with Crippen LogP contribution in [0.5, 0.6) is 0 Å². The maximum absolute atomic E-state index is 11.5. The van der Waals surface area contributed by atoms with Gasteiger partial charge in [0.25, 0.3) is 0 Å². The third-order valence-electron chi connectivity index (χ3n) is 2.02. The van der Waals surface area contributed by atoms with Gasteiger partial charge in [-0.1, -0.05) is 13.8 Å².